The molecule has 1 unspecified atom stereocenters. The average Bonchev–Trinajstić information content (AvgIpc) is 2.19. The normalized spacial score (nSPS) is 12.4. The van der Waals surface area contributed by atoms with Crippen LogP contribution in [0.5, 0.6) is 0 Å². The lowest BCUT2D eigenvalue weighted by molar-refractivity contribution is -0.138. The molecule has 0 heterocycles. The van der Waals surface area contributed by atoms with E-state index in [9.17, 15) is 14.4 Å². The van der Waals surface area contributed by atoms with Gasteiger partial charge < -0.3 is 25.6 Å². The van der Waals surface area contributed by atoms with Crippen molar-refractivity contribution in [1.29, 1.82) is 0 Å². The van der Waals surface area contributed by atoms with Gasteiger partial charge in [0.15, 0.2) is 0 Å². The molecule has 1 atom stereocenters. The van der Waals surface area contributed by atoms with Crippen molar-refractivity contribution in [2.45, 2.75) is 32.4 Å². The molecular formula is C10H18N2O6. The zero-order valence-corrected chi connectivity index (χ0v) is 10.5. The molecule has 0 rings (SSSR count). The number of carbonyl (C=O) groups excluding carboxylic acids is 2. The Morgan fingerprint density at radius 1 is 1.28 bits per heavy atom. The quantitative estimate of drug-likeness (QED) is 0.507. The summed E-state index contributed by atoms with van der Waals surface area (Å²) >= 11 is 0. The first-order valence-electron chi connectivity index (χ1n) is 5.25. The van der Waals surface area contributed by atoms with Crippen LogP contribution in [0, 0.1) is 0 Å². The van der Waals surface area contributed by atoms with Gasteiger partial charge in [0.1, 0.15) is 18.2 Å². The minimum Gasteiger partial charge on any atom is -0.480 e. The summed E-state index contributed by atoms with van der Waals surface area (Å²) in [6.07, 6.45) is -0.868. The lowest BCUT2D eigenvalue weighted by Gasteiger charge is -2.22. The molecule has 0 aromatic carbocycles. The van der Waals surface area contributed by atoms with Gasteiger partial charge in [-0.15, -0.1) is 0 Å². The van der Waals surface area contributed by atoms with Crippen molar-refractivity contribution in [2.75, 3.05) is 13.2 Å². The molecule has 0 aromatic rings. The molecule has 0 fully saturated rings. The van der Waals surface area contributed by atoms with Crippen LogP contribution in [0.1, 0.15) is 20.8 Å². The molecule has 8 nitrogen and oxygen atoms in total. The average molecular weight is 262 g/mol. The zero-order valence-electron chi connectivity index (χ0n) is 10.5. The van der Waals surface area contributed by atoms with Crippen LogP contribution in [-0.4, -0.2) is 53.0 Å². The summed E-state index contributed by atoms with van der Waals surface area (Å²) in [5.74, 6) is -2.02. The molecule has 4 N–H and O–H groups in total. The standard InChI is InChI=1S/C10H18N2O6/c1-10(2,3)18-9(17)12-6(5-13)8(16)11-4-7(14)15/h6,13H,4-5H2,1-3H3,(H,11,16)(H,12,17)(H,14,15). The molecule has 0 aliphatic rings. The maximum Gasteiger partial charge on any atom is 0.408 e. The van der Waals surface area contributed by atoms with Gasteiger partial charge in [-0.3, -0.25) is 9.59 Å². The predicted octanol–water partition coefficient (Wildman–Crippen LogP) is -0.927. The Bertz CT molecular complexity index is 323. The highest BCUT2D eigenvalue weighted by Gasteiger charge is 2.23. The monoisotopic (exact) mass is 262 g/mol. The zero-order chi connectivity index (χ0) is 14.3. The Balaban J connectivity index is 4.29. The van der Waals surface area contributed by atoms with Crippen LogP contribution in [0.15, 0.2) is 0 Å². The second-order valence-corrected chi connectivity index (χ2v) is 4.49. The molecule has 0 saturated carbocycles. The largest absolute Gasteiger partial charge is 0.480 e. The summed E-state index contributed by atoms with van der Waals surface area (Å²) in [4.78, 5) is 32.9. The third kappa shape index (κ3) is 7.44. The highest BCUT2D eigenvalue weighted by Crippen LogP contribution is 2.06. The van der Waals surface area contributed by atoms with Crippen LogP contribution in [-0.2, 0) is 14.3 Å². The smallest absolute Gasteiger partial charge is 0.408 e. The van der Waals surface area contributed by atoms with Crippen molar-refractivity contribution in [1.82, 2.24) is 10.6 Å². The molecule has 0 spiro atoms. The van der Waals surface area contributed by atoms with Gasteiger partial charge in [-0.25, -0.2) is 4.79 Å². The fraction of sp³-hybridized carbons (Fsp3) is 0.700. The lowest BCUT2D eigenvalue weighted by atomic mass is 10.2. The van der Waals surface area contributed by atoms with E-state index in [1.54, 1.807) is 20.8 Å². The molecule has 0 aliphatic carbocycles. The molecule has 18 heavy (non-hydrogen) atoms. The number of ether oxygens (including phenoxy) is 1. The number of aliphatic hydroxyl groups excluding tert-OH is 1. The van der Waals surface area contributed by atoms with Crippen LogP contribution in [0.3, 0.4) is 0 Å². The molecule has 0 bridgehead atoms. The highest BCUT2D eigenvalue weighted by atomic mass is 16.6. The Morgan fingerprint density at radius 2 is 1.83 bits per heavy atom. The molecule has 8 heteroatoms. The molecule has 0 saturated heterocycles. The van der Waals surface area contributed by atoms with Crippen LogP contribution in [0.2, 0.25) is 0 Å². The van der Waals surface area contributed by atoms with Crippen molar-refractivity contribution in [2.24, 2.45) is 0 Å². The van der Waals surface area contributed by atoms with Crippen LogP contribution in [0.4, 0.5) is 4.79 Å². The number of amides is 2. The number of carboxylic acid groups (broad SMARTS) is 1. The summed E-state index contributed by atoms with van der Waals surface area (Å²) < 4.78 is 4.89. The first kappa shape index (κ1) is 16.2. The van der Waals surface area contributed by atoms with E-state index in [0.717, 1.165) is 0 Å². The van der Waals surface area contributed by atoms with Crippen molar-refractivity contribution >= 4 is 18.0 Å². The highest BCUT2D eigenvalue weighted by molar-refractivity contribution is 5.88. The van der Waals surface area contributed by atoms with Crippen molar-refractivity contribution < 1.29 is 29.3 Å². The summed E-state index contributed by atoms with van der Waals surface area (Å²) in [6, 6.07) is -1.25. The summed E-state index contributed by atoms with van der Waals surface area (Å²) in [5.41, 5.74) is -0.734. The topological polar surface area (TPSA) is 125 Å². The Labute approximate surface area is 104 Å². The number of rotatable bonds is 5. The number of carboxylic acids is 1. The minimum atomic E-state index is -1.25. The van der Waals surface area contributed by atoms with Gasteiger partial charge in [-0.05, 0) is 20.8 Å². The number of hydrogen-bond acceptors (Lipinski definition) is 5. The molecule has 2 amide bonds. The van der Waals surface area contributed by atoms with Gasteiger partial charge in [-0.2, -0.15) is 0 Å². The minimum absolute atomic E-state index is 0.592. The van der Waals surface area contributed by atoms with E-state index >= 15 is 0 Å². The fourth-order valence-electron chi connectivity index (χ4n) is 0.930. The summed E-state index contributed by atoms with van der Waals surface area (Å²) in [6.45, 7) is 3.68. The maximum absolute atomic E-state index is 11.4. The number of hydrogen-bond donors (Lipinski definition) is 4. The van der Waals surface area contributed by atoms with E-state index in [0.29, 0.717) is 0 Å². The van der Waals surface area contributed by atoms with Crippen LogP contribution in [0.25, 0.3) is 0 Å². The van der Waals surface area contributed by atoms with Gasteiger partial charge in [0, 0.05) is 0 Å². The number of carbonyl (C=O) groups is 3. The van der Waals surface area contributed by atoms with Gasteiger partial charge in [0.05, 0.1) is 6.61 Å². The van der Waals surface area contributed by atoms with E-state index < -0.39 is 42.8 Å². The van der Waals surface area contributed by atoms with Gasteiger partial charge >= 0.3 is 12.1 Å². The fourth-order valence-corrected chi connectivity index (χ4v) is 0.930. The third-order valence-corrected chi connectivity index (χ3v) is 1.60. The van der Waals surface area contributed by atoms with Gasteiger partial charge in [-0.1, -0.05) is 0 Å². The number of alkyl carbamates (subject to hydrolysis) is 1. The predicted molar refractivity (Wildman–Crippen MR) is 60.9 cm³/mol. The van der Waals surface area contributed by atoms with Gasteiger partial charge in [0.2, 0.25) is 5.91 Å². The van der Waals surface area contributed by atoms with Crippen molar-refractivity contribution in [3.63, 3.8) is 0 Å². The Morgan fingerprint density at radius 3 is 2.22 bits per heavy atom. The molecule has 0 aliphatic heterocycles. The second-order valence-electron chi connectivity index (χ2n) is 4.49. The lowest BCUT2D eigenvalue weighted by Crippen LogP contribution is -2.50. The molecular weight excluding hydrogens is 244 g/mol. The SMILES string of the molecule is CC(C)(C)OC(=O)NC(CO)C(=O)NCC(=O)O. The van der Waals surface area contributed by atoms with Crippen LogP contribution < -0.4 is 10.6 Å². The number of aliphatic hydroxyl groups is 1. The van der Waals surface area contributed by atoms with E-state index in [1.807, 2.05) is 5.32 Å². The summed E-state index contributed by atoms with van der Waals surface area (Å²) in [7, 11) is 0. The Hall–Kier alpha value is -1.83. The van der Waals surface area contributed by atoms with E-state index in [1.165, 1.54) is 0 Å². The van der Waals surface area contributed by atoms with E-state index in [2.05, 4.69) is 5.32 Å². The third-order valence-electron chi connectivity index (χ3n) is 1.60. The van der Waals surface area contributed by atoms with E-state index in [-0.39, 0.29) is 0 Å². The first-order chi connectivity index (χ1) is 8.15. The van der Waals surface area contributed by atoms with Crippen LogP contribution >= 0.6 is 0 Å². The maximum atomic E-state index is 11.4. The van der Waals surface area contributed by atoms with Crippen molar-refractivity contribution in [3.05, 3.63) is 0 Å². The molecule has 104 valence electrons. The molecule has 0 radical (unpaired) electrons. The number of nitrogens with one attached hydrogen (secondary N) is 2. The van der Waals surface area contributed by atoms with Gasteiger partial charge in [0.25, 0.3) is 0 Å². The second kappa shape index (κ2) is 6.80. The van der Waals surface area contributed by atoms with Crippen molar-refractivity contribution in [3.8, 4) is 0 Å². The number of aliphatic carboxylic acids is 1. The van der Waals surface area contributed by atoms with E-state index in [4.69, 9.17) is 14.9 Å². The Kier molecular flexibility index (Phi) is 6.11. The first-order valence-corrected chi connectivity index (χ1v) is 5.25. The molecule has 0 aromatic heterocycles. The summed E-state index contributed by atoms with van der Waals surface area (Å²) in [5, 5.41) is 21.5.